The Morgan fingerprint density at radius 2 is 2.04 bits per heavy atom. The Kier molecular flexibility index (Phi) is 6.53. The number of rotatable bonds is 8. The van der Waals surface area contributed by atoms with Crippen LogP contribution in [0.25, 0.3) is 0 Å². The maximum Gasteiger partial charge on any atom is 0.246 e. The fourth-order valence-corrected chi connectivity index (χ4v) is 2.93. The van der Waals surface area contributed by atoms with Gasteiger partial charge in [0, 0.05) is 18.8 Å². The Morgan fingerprint density at radius 3 is 2.72 bits per heavy atom. The molecule has 1 aliphatic rings. The summed E-state index contributed by atoms with van der Waals surface area (Å²) < 4.78 is 5.77. The van der Waals surface area contributed by atoms with E-state index in [1.165, 1.54) is 5.56 Å². The Morgan fingerprint density at radius 1 is 1.28 bits per heavy atom. The molecule has 134 valence electrons. The number of benzene rings is 1. The summed E-state index contributed by atoms with van der Waals surface area (Å²) in [5.41, 5.74) is 4.66. The van der Waals surface area contributed by atoms with E-state index in [1.807, 2.05) is 25.1 Å². The first-order valence-corrected chi connectivity index (χ1v) is 8.57. The predicted octanol–water partition coefficient (Wildman–Crippen LogP) is 3.50. The van der Waals surface area contributed by atoms with Crippen LogP contribution in [0.2, 0.25) is 0 Å². The molecule has 0 saturated carbocycles. The van der Waals surface area contributed by atoms with Crippen molar-refractivity contribution < 1.29 is 19.5 Å². The van der Waals surface area contributed by atoms with Crippen molar-refractivity contribution in [3.8, 4) is 5.75 Å². The molecule has 0 spiro atoms. The minimum absolute atomic E-state index is 0.191. The fraction of sp³-hybridized carbons (Fsp3) is 0.400. The van der Waals surface area contributed by atoms with Crippen molar-refractivity contribution in [2.45, 2.75) is 45.4 Å². The topological polar surface area (TPSA) is 75.6 Å². The van der Waals surface area contributed by atoms with Crippen LogP contribution in [0.1, 0.15) is 43.7 Å². The van der Waals surface area contributed by atoms with Crippen molar-refractivity contribution in [1.29, 1.82) is 0 Å². The van der Waals surface area contributed by atoms with E-state index in [9.17, 15) is 9.59 Å². The monoisotopic (exact) mass is 343 g/mol. The maximum absolute atomic E-state index is 11.6. The highest BCUT2D eigenvalue weighted by Gasteiger charge is 2.24. The van der Waals surface area contributed by atoms with E-state index in [1.54, 1.807) is 5.48 Å². The van der Waals surface area contributed by atoms with Gasteiger partial charge in [-0.3, -0.25) is 14.8 Å². The summed E-state index contributed by atoms with van der Waals surface area (Å²) in [4.78, 5) is 23.0. The van der Waals surface area contributed by atoms with Crippen LogP contribution in [0.3, 0.4) is 0 Å². The number of hydrogen-bond donors (Lipinski definition) is 2. The highest BCUT2D eigenvalue weighted by Crippen LogP contribution is 2.30. The summed E-state index contributed by atoms with van der Waals surface area (Å²) in [5.74, 6) is 0.693. The van der Waals surface area contributed by atoms with E-state index in [-0.39, 0.29) is 17.6 Å². The number of ketones is 1. The van der Waals surface area contributed by atoms with Crippen LogP contribution < -0.4 is 10.2 Å². The molecular weight excluding hydrogens is 318 g/mol. The van der Waals surface area contributed by atoms with Crippen molar-refractivity contribution in [1.82, 2.24) is 5.48 Å². The number of hydroxylamine groups is 1. The average Bonchev–Trinajstić information content (AvgIpc) is 2.64. The molecular formula is C20H25NO4. The van der Waals surface area contributed by atoms with Gasteiger partial charge in [-0.1, -0.05) is 26.1 Å². The summed E-state index contributed by atoms with van der Waals surface area (Å²) in [6, 6.07) is 5.77. The lowest BCUT2D eigenvalue weighted by Gasteiger charge is -2.23. The van der Waals surface area contributed by atoms with Gasteiger partial charge >= 0.3 is 0 Å². The predicted molar refractivity (Wildman–Crippen MR) is 95.3 cm³/mol. The zero-order valence-electron chi connectivity index (χ0n) is 14.6. The number of fused-ring (bicyclic) bond motifs is 1. The molecule has 0 heterocycles. The third kappa shape index (κ3) is 5.03. The first kappa shape index (κ1) is 18.9. The molecule has 0 aromatic heterocycles. The van der Waals surface area contributed by atoms with Gasteiger partial charge < -0.3 is 4.74 Å². The second kappa shape index (κ2) is 8.62. The van der Waals surface area contributed by atoms with E-state index < -0.39 is 0 Å². The highest BCUT2D eigenvalue weighted by molar-refractivity contribution is 5.78. The standard InChI is InChI=1S/C20H25NO4/c1-4-18(22)9-5-13(2)14(3)25-19-10-8-15-6-7-16(20(23)21-24)11-17(15)12-19/h8,10,12,16,24H,2-7,9,11H2,1H3,(H,21,23). The van der Waals surface area contributed by atoms with Gasteiger partial charge in [0.2, 0.25) is 5.91 Å². The van der Waals surface area contributed by atoms with Crippen molar-refractivity contribution in [3.63, 3.8) is 0 Å². The molecule has 5 heteroatoms. The molecule has 5 nitrogen and oxygen atoms in total. The van der Waals surface area contributed by atoms with E-state index in [0.717, 1.165) is 12.0 Å². The van der Waals surface area contributed by atoms with Crippen LogP contribution in [-0.4, -0.2) is 16.9 Å². The SMILES string of the molecule is C=C(CCC(=O)CC)C(=C)Oc1ccc2c(c1)CC(C(=O)NO)CC2. The number of ether oxygens (including phenoxy) is 1. The maximum atomic E-state index is 11.6. The molecule has 1 unspecified atom stereocenters. The number of amides is 1. The van der Waals surface area contributed by atoms with Crippen molar-refractivity contribution in [2.75, 3.05) is 0 Å². The summed E-state index contributed by atoms with van der Waals surface area (Å²) in [7, 11) is 0. The number of nitrogens with one attached hydrogen (secondary N) is 1. The third-order valence-corrected chi connectivity index (χ3v) is 4.62. The Balaban J connectivity index is 1.99. The molecule has 2 N–H and O–H groups in total. The molecule has 0 radical (unpaired) electrons. The molecule has 0 saturated heterocycles. The minimum atomic E-state index is -0.352. The Labute approximate surface area is 148 Å². The van der Waals surface area contributed by atoms with Gasteiger partial charge in [-0.05, 0) is 54.5 Å². The second-order valence-electron chi connectivity index (χ2n) is 6.37. The Hall–Kier alpha value is -2.40. The van der Waals surface area contributed by atoms with Gasteiger partial charge in [0.15, 0.2) is 0 Å². The van der Waals surface area contributed by atoms with Gasteiger partial charge in [-0.15, -0.1) is 0 Å². The molecule has 0 aliphatic heterocycles. The van der Waals surface area contributed by atoms with Crippen LogP contribution in [0.5, 0.6) is 5.75 Å². The van der Waals surface area contributed by atoms with Crippen molar-refractivity contribution >= 4 is 11.7 Å². The first-order valence-electron chi connectivity index (χ1n) is 8.57. The number of carbonyl (C=O) groups is 2. The first-order chi connectivity index (χ1) is 11.9. The average molecular weight is 343 g/mol. The zero-order chi connectivity index (χ0) is 18.4. The smallest absolute Gasteiger partial charge is 0.246 e. The Bertz CT molecular complexity index is 693. The van der Waals surface area contributed by atoms with E-state index in [4.69, 9.17) is 9.94 Å². The van der Waals surface area contributed by atoms with Gasteiger partial charge in [-0.2, -0.15) is 0 Å². The minimum Gasteiger partial charge on any atom is -0.458 e. The molecule has 1 amide bonds. The number of aryl methyl sites for hydroxylation is 1. The molecule has 2 rings (SSSR count). The molecule has 1 aliphatic carbocycles. The van der Waals surface area contributed by atoms with Crippen molar-refractivity contribution in [3.05, 3.63) is 53.8 Å². The van der Waals surface area contributed by atoms with Crippen molar-refractivity contribution in [2.24, 2.45) is 5.92 Å². The number of hydrogen-bond acceptors (Lipinski definition) is 4. The summed E-state index contributed by atoms with van der Waals surface area (Å²) in [6.07, 6.45) is 3.58. The van der Waals surface area contributed by atoms with E-state index in [2.05, 4.69) is 13.2 Å². The summed E-state index contributed by atoms with van der Waals surface area (Å²) >= 11 is 0. The molecule has 0 bridgehead atoms. The van der Waals surface area contributed by atoms with Crippen LogP contribution >= 0.6 is 0 Å². The number of allylic oxidation sites excluding steroid dienone is 1. The van der Waals surface area contributed by atoms with Gasteiger partial charge in [0.25, 0.3) is 0 Å². The molecule has 1 aromatic rings. The zero-order valence-corrected chi connectivity index (χ0v) is 14.6. The fourth-order valence-electron chi connectivity index (χ4n) is 2.93. The van der Waals surface area contributed by atoms with Crippen LogP contribution in [0, 0.1) is 5.92 Å². The van der Waals surface area contributed by atoms with Crippen LogP contribution in [0.4, 0.5) is 0 Å². The lowest BCUT2D eigenvalue weighted by Crippen LogP contribution is -2.31. The lowest BCUT2D eigenvalue weighted by atomic mass is 9.83. The van der Waals surface area contributed by atoms with E-state index >= 15 is 0 Å². The van der Waals surface area contributed by atoms with Crippen LogP contribution in [0.15, 0.2) is 42.7 Å². The largest absolute Gasteiger partial charge is 0.458 e. The van der Waals surface area contributed by atoms with Gasteiger partial charge in [0.1, 0.15) is 17.3 Å². The highest BCUT2D eigenvalue weighted by atomic mass is 16.5. The van der Waals surface area contributed by atoms with Crippen LogP contribution in [-0.2, 0) is 22.4 Å². The molecule has 25 heavy (non-hydrogen) atoms. The summed E-state index contributed by atoms with van der Waals surface area (Å²) in [6.45, 7) is 9.67. The number of carbonyl (C=O) groups excluding carboxylic acids is 2. The molecule has 1 aromatic carbocycles. The van der Waals surface area contributed by atoms with Gasteiger partial charge in [-0.25, -0.2) is 5.48 Å². The lowest BCUT2D eigenvalue weighted by molar-refractivity contribution is -0.133. The third-order valence-electron chi connectivity index (χ3n) is 4.62. The number of Topliss-reactive ketones (excluding diaryl/α,β-unsaturated/α-hetero) is 1. The summed E-state index contributed by atoms with van der Waals surface area (Å²) in [5, 5.41) is 8.81. The van der Waals surface area contributed by atoms with E-state index in [0.29, 0.717) is 49.2 Å². The normalized spacial score (nSPS) is 15.8. The quantitative estimate of drug-likeness (QED) is 0.328. The molecule has 1 atom stereocenters. The van der Waals surface area contributed by atoms with Gasteiger partial charge in [0.05, 0.1) is 0 Å². The second-order valence-corrected chi connectivity index (χ2v) is 6.37. The molecule has 0 fully saturated rings.